The molecule has 2 amide bonds. The molecule has 140 valence electrons. The second-order valence-corrected chi connectivity index (χ2v) is 8.12. The average Bonchev–Trinajstić information content (AvgIpc) is 3.26. The highest BCUT2D eigenvalue weighted by molar-refractivity contribution is 7.16. The molecule has 0 bridgehead atoms. The molecule has 3 N–H and O–H groups in total. The molecule has 0 saturated carbocycles. The minimum Gasteiger partial charge on any atom is -0.368 e. The van der Waals surface area contributed by atoms with Crippen molar-refractivity contribution in [2.45, 2.75) is 38.6 Å². The number of fused-ring (bicyclic) bond motifs is 1. The molecule has 2 aliphatic rings. The van der Waals surface area contributed by atoms with Crippen LogP contribution in [0.15, 0.2) is 35.4 Å². The highest BCUT2D eigenvalue weighted by atomic mass is 32.1. The zero-order valence-corrected chi connectivity index (χ0v) is 15.8. The number of primary amides is 1. The molecule has 2 aromatic rings. The van der Waals surface area contributed by atoms with Crippen LogP contribution in [0.4, 0.5) is 10.8 Å². The van der Waals surface area contributed by atoms with Gasteiger partial charge in [-0.3, -0.25) is 19.9 Å². The van der Waals surface area contributed by atoms with Crippen molar-refractivity contribution in [3.63, 3.8) is 0 Å². The number of carbonyl (C=O) groups is 2. The topological polar surface area (TPSA) is 101 Å². The van der Waals surface area contributed by atoms with Gasteiger partial charge in [-0.1, -0.05) is 25.1 Å². The Kier molecular flexibility index (Phi) is 4.65. The minimum atomic E-state index is -0.668. The van der Waals surface area contributed by atoms with Gasteiger partial charge in [0.2, 0.25) is 5.91 Å². The fourth-order valence-corrected chi connectivity index (χ4v) is 4.62. The monoisotopic (exact) mass is 383 g/mol. The van der Waals surface area contributed by atoms with Gasteiger partial charge in [0.25, 0.3) is 5.91 Å². The maximum absolute atomic E-state index is 12.7. The number of hydrazone groups is 1. The highest BCUT2D eigenvalue weighted by Gasteiger charge is 2.35. The standard InChI is InChI=1S/C19H21N5O2S/c1-11-7-8-13-16(9-11)27-19(21-13)22-18(26)14-10-15(17(20)25)24(23-14)12-5-3-2-4-6-12/h2-6,11,15H,7-10H2,1H3,(H2,20,25)(H,21,22,26)/t11-,15+/m0/s1. The number of nitrogens with zero attached hydrogens (tertiary/aromatic N) is 3. The van der Waals surface area contributed by atoms with Crippen LogP contribution >= 0.6 is 11.3 Å². The number of aryl methyl sites for hydroxylation is 1. The Balaban J connectivity index is 1.52. The lowest BCUT2D eigenvalue weighted by molar-refractivity contribution is -0.119. The maximum Gasteiger partial charge on any atom is 0.273 e. The molecule has 0 unspecified atom stereocenters. The summed E-state index contributed by atoms with van der Waals surface area (Å²) in [5, 5.41) is 9.32. The van der Waals surface area contributed by atoms with Gasteiger partial charge in [0.1, 0.15) is 11.8 Å². The number of thiazole rings is 1. The molecule has 4 rings (SSSR count). The van der Waals surface area contributed by atoms with Crippen molar-refractivity contribution in [1.82, 2.24) is 4.98 Å². The molecule has 2 heterocycles. The summed E-state index contributed by atoms with van der Waals surface area (Å²) in [5.41, 5.74) is 7.62. The molecule has 7 nitrogen and oxygen atoms in total. The number of para-hydroxylation sites is 1. The van der Waals surface area contributed by atoms with Crippen molar-refractivity contribution >= 4 is 39.7 Å². The second kappa shape index (κ2) is 7.11. The predicted molar refractivity (Wildman–Crippen MR) is 106 cm³/mol. The number of hydrogen-bond acceptors (Lipinski definition) is 6. The molecule has 8 heteroatoms. The van der Waals surface area contributed by atoms with E-state index in [0.29, 0.717) is 11.0 Å². The third kappa shape index (κ3) is 3.57. The van der Waals surface area contributed by atoms with Crippen LogP contribution in [0.3, 0.4) is 0 Å². The van der Waals surface area contributed by atoms with Crippen LogP contribution in [-0.2, 0) is 22.4 Å². The fourth-order valence-electron chi connectivity index (χ4n) is 3.45. The number of benzene rings is 1. The number of aromatic nitrogens is 1. The Labute approximate surface area is 161 Å². The van der Waals surface area contributed by atoms with E-state index in [2.05, 4.69) is 22.3 Å². The zero-order valence-electron chi connectivity index (χ0n) is 15.0. The number of anilines is 2. The summed E-state index contributed by atoms with van der Waals surface area (Å²) in [6, 6.07) is 8.57. The van der Waals surface area contributed by atoms with Crippen LogP contribution in [0.25, 0.3) is 0 Å². The number of carbonyl (C=O) groups excluding carboxylic acids is 2. The Morgan fingerprint density at radius 3 is 2.78 bits per heavy atom. The Morgan fingerprint density at radius 1 is 1.26 bits per heavy atom. The van der Waals surface area contributed by atoms with Crippen molar-refractivity contribution < 1.29 is 9.59 Å². The largest absolute Gasteiger partial charge is 0.368 e. The van der Waals surface area contributed by atoms with Crippen molar-refractivity contribution in [3.8, 4) is 0 Å². The van der Waals surface area contributed by atoms with E-state index < -0.39 is 11.9 Å². The van der Waals surface area contributed by atoms with Gasteiger partial charge >= 0.3 is 0 Å². The molecule has 1 aromatic carbocycles. The molecule has 1 aliphatic carbocycles. The summed E-state index contributed by atoms with van der Waals surface area (Å²) in [7, 11) is 0. The first-order chi connectivity index (χ1) is 13.0. The number of hydrogen-bond donors (Lipinski definition) is 2. The summed E-state index contributed by atoms with van der Waals surface area (Å²) in [5.74, 6) is -0.195. The van der Waals surface area contributed by atoms with Gasteiger partial charge in [0.15, 0.2) is 5.13 Å². The van der Waals surface area contributed by atoms with Crippen LogP contribution in [0.1, 0.15) is 30.3 Å². The maximum atomic E-state index is 12.7. The molecule has 27 heavy (non-hydrogen) atoms. The number of amides is 2. The van der Waals surface area contributed by atoms with Crippen LogP contribution in [0, 0.1) is 5.92 Å². The number of nitrogens with one attached hydrogen (secondary N) is 1. The lowest BCUT2D eigenvalue weighted by Gasteiger charge is -2.20. The van der Waals surface area contributed by atoms with Crippen molar-refractivity contribution in [3.05, 3.63) is 40.9 Å². The summed E-state index contributed by atoms with van der Waals surface area (Å²) >= 11 is 1.53. The fraction of sp³-hybridized carbons (Fsp3) is 0.368. The Hall–Kier alpha value is -2.74. The van der Waals surface area contributed by atoms with Crippen molar-refractivity contribution in [2.75, 3.05) is 10.3 Å². The van der Waals surface area contributed by atoms with Crippen molar-refractivity contribution in [2.24, 2.45) is 16.8 Å². The highest BCUT2D eigenvalue weighted by Crippen LogP contribution is 2.32. The van der Waals surface area contributed by atoms with Gasteiger partial charge in [0, 0.05) is 11.3 Å². The number of rotatable bonds is 4. The van der Waals surface area contributed by atoms with E-state index in [1.165, 1.54) is 21.2 Å². The first-order valence-corrected chi connectivity index (χ1v) is 9.84. The van der Waals surface area contributed by atoms with Crippen LogP contribution in [0.5, 0.6) is 0 Å². The average molecular weight is 383 g/mol. The van der Waals surface area contributed by atoms with E-state index in [4.69, 9.17) is 5.73 Å². The van der Waals surface area contributed by atoms with Crippen LogP contribution in [-0.4, -0.2) is 28.6 Å². The smallest absolute Gasteiger partial charge is 0.273 e. The third-order valence-corrected chi connectivity index (χ3v) is 5.96. The minimum absolute atomic E-state index is 0.179. The van der Waals surface area contributed by atoms with Crippen LogP contribution < -0.4 is 16.1 Å². The quantitative estimate of drug-likeness (QED) is 0.846. The lowest BCUT2D eigenvalue weighted by Crippen LogP contribution is -2.39. The van der Waals surface area contributed by atoms with Gasteiger partial charge in [-0.05, 0) is 37.3 Å². The molecule has 2 atom stereocenters. The van der Waals surface area contributed by atoms with Crippen LogP contribution in [0.2, 0.25) is 0 Å². The van der Waals surface area contributed by atoms with E-state index in [9.17, 15) is 9.59 Å². The SMILES string of the molecule is C[C@H]1CCc2nc(NC(=O)C3=NN(c4ccccc4)[C@@H](C(N)=O)C3)sc2C1. The van der Waals surface area contributed by atoms with E-state index in [0.717, 1.165) is 30.6 Å². The van der Waals surface area contributed by atoms with E-state index in [1.807, 2.05) is 30.3 Å². The third-order valence-electron chi connectivity index (χ3n) is 4.93. The summed E-state index contributed by atoms with van der Waals surface area (Å²) in [4.78, 5) is 30.3. The van der Waals surface area contributed by atoms with Crippen molar-refractivity contribution in [1.29, 1.82) is 0 Å². The zero-order chi connectivity index (χ0) is 19.0. The molecule has 1 aromatic heterocycles. The van der Waals surface area contributed by atoms with Gasteiger partial charge in [-0.25, -0.2) is 4.98 Å². The number of nitrogens with two attached hydrogens (primary N) is 1. The van der Waals surface area contributed by atoms with E-state index in [1.54, 1.807) is 0 Å². The van der Waals surface area contributed by atoms with Gasteiger partial charge in [-0.15, -0.1) is 11.3 Å². The Morgan fingerprint density at radius 2 is 2.04 bits per heavy atom. The predicted octanol–water partition coefficient (Wildman–Crippen LogP) is 2.33. The molecule has 0 fully saturated rings. The first kappa shape index (κ1) is 17.7. The summed E-state index contributed by atoms with van der Waals surface area (Å²) in [6.07, 6.45) is 3.27. The lowest BCUT2D eigenvalue weighted by atomic mass is 9.93. The molecular formula is C19H21N5O2S. The molecule has 0 spiro atoms. The van der Waals surface area contributed by atoms with E-state index in [-0.39, 0.29) is 18.0 Å². The first-order valence-electron chi connectivity index (χ1n) is 9.02. The van der Waals surface area contributed by atoms with Gasteiger partial charge < -0.3 is 5.73 Å². The normalized spacial score (nSPS) is 21.5. The van der Waals surface area contributed by atoms with E-state index >= 15 is 0 Å². The van der Waals surface area contributed by atoms with Gasteiger partial charge in [0.05, 0.1) is 11.4 Å². The summed E-state index contributed by atoms with van der Waals surface area (Å²) in [6.45, 7) is 2.23. The Bertz CT molecular complexity index is 908. The molecular weight excluding hydrogens is 362 g/mol. The summed E-state index contributed by atoms with van der Waals surface area (Å²) < 4.78 is 0. The molecule has 1 aliphatic heterocycles. The van der Waals surface area contributed by atoms with Gasteiger partial charge in [-0.2, -0.15) is 5.10 Å². The molecule has 0 saturated heterocycles. The second-order valence-electron chi connectivity index (χ2n) is 7.04. The molecule has 0 radical (unpaired) electrons.